The lowest BCUT2D eigenvalue weighted by Crippen LogP contribution is -2.48. The fourth-order valence-electron chi connectivity index (χ4n) is 2.27. The van der Waals surface area contributed by atoms with Gasteiger partial charge in [0.15, 0.2) is 11.5 Å². The van der Waals surface area contributed by atoms with E-state index in [0.29, 0.717) is 17.1 Å². The van der Waals surface area contributed by atoms with Crippen LogP contribution in [0.2, 0.25) is 0 Å². The van der Waals surface area contributed by atoms with Crippen LogP contribution in [0.3, 0.4) is 0 Å². The van der Waals surface area contributed by atoms with Gasteiger partial charge in [-0.2, -0.15) is 13.1 Å². The van der Waals surface area contributed by atoms with Gasteiger partial charge in [-0.25, -0.2) is 19.2 Å². The van der Waals surface area contributed by atoms with Crippen molar-refractivity contribution < 1.29 is 27.5 Å². The smallest absolute Gasteiger partial charge is 0.423 e. The number of amides is 3. The van der Waals surface area contributed by atoms with Crippen LogP contribution in [-0.4, -0.2) is 44.6 Å². The van der Waals surface area contributed by atoms with E-state index in [0.717, 1.165) is 12.6 Å². The van der Waals surface area contributed by atoms with Crippen LogP contribution in [0.15, 0.2) is 18.2 Å². The number of para-hydroxylation sites is 1. The zero-order valence-corrected chi connectivity index (χ0v) is 15.3. The van der Waals surface area contributed by atoms with E-state index in [-0.39, 0.29) is 12.3 Å². The highest BCUT2D eigenvalue weighted by Gasteiger charge is 2.33. The van der Waals surface area contributed by atoms with Crippen molar-refractivity contribution in [2.75, 3.05) is 13.6 Å². The molecule has 0 saturated carbocycles. The number of urea groups is 1. The highest BCUT2D eigenvalue weighted by atomic mass is 32.2. The van der Waals surface area contributed by atoms with Crippen molar-refractivity contribution >= 4 is 22.3 Å². The lowest BCUT2D eigenvalue weighted by Gasteiger charge is -2.19. The molecule has 1 aliphatic rings. The number of carbonyl (C=O) groups excluding carboxylic acids is 2. The first-order chi connectivity index (χ1) is 12.0. The number of hydrogen-bond donors (Lipinski definition) is 2. The molecule has 0 atom stereocenters. The highest BCUT2D eigenvalue weighted by Crippen LogP contribution is 2.41. The van der Waals surface area contributed by atoms with Crippen LogP contribution in [-0.2, 0) is 16.6 Å². The second kappa shape index (κ2) is 7.23. The maximum Gasteiger partial charge on any atom is 0.423 e. The molecule has 1 heterocycles. The molecule has 10 heteroatoms. The summed E-state index contributed by atoms with van der Waals surface area (Å²) < 4.78 is 37.7. The van der Waals surface area contributed by atoms with Crippen molar-refractivity contribution in [2.45, 2.75) is 25.9 Å². The van der Waals surface area contributed by atoms with Gasteiger partial charge in [0.1, 0.15) is 5.60 Å². The topological polar surface area (TPSA) is 114 Å². The molecular weight excluding hydrogens is 362 g/mol. The molecule has 3 amide bonds. The molecule has 0 saturated heterocycles. The Hall–Kier alpha value is -2.77. The third kappa shape index (κ3) is 4.65. The van der Waals surface area contributed by atoms with Crippen LogP contribution >= 0.6 is 0 Å². The molecule has 0 unspecified atom stereocenters. The van der Waals surface area contributed by atoms with Gasteiger partial charge in [0.2, 0.25) is 0 Å². The van der Waals surface area contributed by atoms with Crippen LogP contribution in [0, 0.1) is 12.3 Å². The summed E-state index contributed by atoms with van der Waals surface area (Å²) in [6, 6.07) is 3.87. The number of hydrogen-bond acceptors (Lipinski definition) is 6. The van der Waals surface area contributed by atoms with Gasteiger partial charge in [0.25, 0.3) is 0 Å². The molecule has 0 aromatic heterocycles. The number of benzene rings is 1. The van der Waals surface area contributed by atoms with Crippen molar-refractivity contribution in [1.82, 2.24) is 14.3 Å². The number of fused-ring (bicyclic) bond motifs is 1. The Balaban J connectivity index is 2.06. The zero-order chi connectivity index (χ0) is 19.5. The minimum Gasteiger partial charge on any atom is -0.483 e. The van der Waals surface area contributed by atoms with Crippen LogP contribution in [0.4, 0.5) is 9.59 Å². The quantitative estimate of drug-likeness (QED) is 0.753. The Morgan fingerprint density at radius 2 is 2.12 bits per heavy atom. The molecule has 1 aromatic rings. The number of rotatable bonds is 4. The summed E-state index contributed by atoms with van der Waals surface area (Å²) in [5, 5.41) is 0. The zero-order valence-electron chi connectivity index (χ0n) is 14.5. The molecule has 1 aromatic carbocycles. The van der Waals surface area contributed by atoms with Crippen LogP contribution < -0.4 is 18.9 Å². The number of terminal acetylenes is 1. The summed E-state index contributed by atoms with van der Waals surface area (Å²) in [5.41, 5.74) is 0.429. The Morgan fingerprint density at radius 3 is 2.77 bits per heavy atom. The Labute approximate surface area is 151 Å². The number of carbonyl (C=O) groups is 2. The van der Waals surface area contributed by atoms with E-state index in [9.17, 15) is 18.0 Å². The van der Waals surface area contributed by atoms with Crippen molar-refractivity contribution in [3.8, 4) is 23.8 Å². The van der Waals surface area contributed by atoms with Gasteiger partial charge >= 0.3 is 22.3 Å². The number of imide groups is 1. The number of nitrogens with one attached hydrogen (secondary N) is 2. The van der Waals surface area contributed by atoms with Crippen molar-refractivity contribution in [1.29, 1.82) is 0 Å². The molecule has 0 radical (unpaired) electrons. The summed E-state index contributed by atoms with van der Waals surface area (Å²) in [6.45, 7) is 3.48. The molecule has 0 aliphatic carbocycles. The lowest BCUT2D eigenvalue weighted by molar-refractivity contribution is 0.129. The van der Waals surface area contributed by atoms with Crippen LogP contribution in [0.5, 0.6) is 11.5 Å². The second-order valence-electron chi connectivity index (χ2n) is 6.15. The van der Waals surface area contributed by atoms with Gasteiger partial charge < -0.3 is 9.47 Å². The summed E-state index contributed by atoms with van der Waals surface area (Å²) in [6.07, 6.45) is 4.51. The normalized spacial score (nSPS) is 14.5. The molecule has 0 spiro atoms. The Kier molecular flexibility index (Phi) is 5.44. The van der Waals surface area contributed by atoms with Gasteiger partial charge in [-0.1, -0.05) is 18.1 Å². The van der Waals surface area contributed by atoms with E-state index in [1.54, 1.807) is 10.8 Å². The fraction of sp³-hybridized carbons (Fsp3) is 0.375. The van der Waals surface area contributed by atoms with Crippen LogP contribution in [0.25, 0.3) is 0 Å². The standard InChI is InChI=1S/C16H19N3O6S/c1-5-9-17-26(22,23)18-14(20)19(4)15(21)24-12-8-6-7-11-10-16(2,3)25-13(11)12/h1,6-8,17H,9-10H2,2-4H3,(H,18,20). The van der Waals surface area contributed by atoms with Gasteiger partial charge in [-0.3, -0.25) is 0 Å². The van der Waals surface area contributed by atoms with E-state index in [1.807, 2.05) is 24.6 Å². The van der Waals surface area contributed by atoms with Crippen molar-refractivity contribution in [2.24, 2.45) is 0 Å². The van der Waals surface area contributed by atoms with Gasteiger partial charge in [0.05, 0.1) is 6.54 Å². The van der Waals surface area contributed by atoms with E-state index >= 15 is 0 Å². The average Bonchev–Trinajstić information content (AvgIpc) is 2.86. The van der Waals surface area contributed by atoms with E-state index in [2.05, 4.69) is 5.92 Å². The summed E-state index contributed by atoms with van der Waals surface area (Å²) in [5.74, 6) is 2.62. The van der Waals surface area contributed by atoms with E-state index < -0.39 is 27.9 Å². The van der Waals surface area contributed by atoms with E-state index in [1.165, 1.54) is 6.07 Å². The second-order valence-corrected chi connectivity index (χ2v) is 7.65. The minimum absolute atomic E-state index is 0.144. The van der Waals surface area contributed by atoms with Crippen LogP contribution in [0.1, 0.15) is 19.4 Å². The Morgan fingerprint density at radius 1 is 1.42 bits per heavy atom. The van der Waals surface area contributed by atoms with Gasteiger partial charge in [-0.05, 0) is 19.9 Å². The minimum atomic E-state index is -4.19. The monoisotopic (exact) mass is 381 g/mol. The maximum absolute atomic E-state index is 12.2. The van der Waals surface area contributed by atoms with Crippen molar-refractivity contribution in [3.63, 3.8) is 0 Å². The molecule has 26 heavy (non-hydrogen) atoms. The Bertz CT molecular complexity index is 872. The molecular formula is C16H19N3O6S. The molecule has 9 nitrogen and oxygen atoms in total. The third-order valence-electron chi connectivity index (χ3n) is 3.42. The molecule has 1 aliphatic heterocycles. The summed E-state index contributed by atoms with van der Waals surface area (Å²) in [7, 11) is -3.11. The number of nitrogens with zero attached hydrogens (tertiary/aromatic N) is 1. The first-order valence-corrected chi connectivity index (χ1v) is 9.04. The molecule has 2 rings (SSSR count). The fourth-order valence-corrected chi connectivity index (χ4v) is 2.98. The first kappa shape index (κ1) is 19.6. The molecule has 0 fully saturated rings. The first-order valence-electron chi connectivity index (χ1n) is 7.56. The SMILES string of the molecule is C#CCNS(=O)(=O)NC(=O)N(C)C(=O)Oc1cccc2c1OC(C)(C)C2. The van der Waals surface area contributed by atoms with Gasteiger partial charge in [-0.15, -0.1) is 6.42 Å². The number of ether oxygens (including phenoxy) is 2. The highest BCUT2D eigenvalue weighted by molar-refractivity contribution is 7.88. The third-order valence-corrected chi connectivity index (χ3v) is 4.38. The predicted octanol–water partition coefficient (Wildman–Crippen LogP) is 1.01. The van der Waals surface area contributed by atoms with Crippen molar-refractivity contribution in [3.05, 3.63) is 23.8 Å². The molecule has 0 bridgehead atoms. The average molecular weight is 381 g/mol. The largest absolute Gasteiger partial charge is 0.483 e. The lowest BCUT2D eigenvalue weighted by atomic mass is 10.0. The summed E-state index contributed by atoms with van der Waals surface area (Å²) >= 11 is 0. The maximum atomic E-state index is 12.2. The predicted molar refractivity (Wildman–Crippen MR) is 92.9 cm³/mol. The van der Waals surface area contributed by atoms with Gasteiger partial charge in [0, 0.05) is 19.0 Å². The molecule has 2 N–H and O–H groups in total. The summed E-state index contributed by atoms with van der Waals surface area (Å²) in [4.78, 5) is 24.5. The van der Waals surface area contributed by atoms with E-state index in [4.69, 9.17) is 15.9 Å². The molecule has 140 valence electrons.